The molecule has 0 saturated heterocycles. The maximum atomic E-state index is 12.9. The fourth-order valence-corrected chi connectivity index (χ4v) is 4.71. The van der Waals surface area contributed by atoms with E-state index in [0.29, 0.717) is 28.1 Å². The first-order valence-corrected chi connectivity index (χ1v) is 11.4. The quantitative estimate of drug-likeness (QED) is 0.299. The van der Waals surface area contributed by atoms with Gasteiger partial charge in [0.25, 0.3) is 0 Å². The van der Waals surface area contributed by atoms with Gasteiger partial charge in [0.15, 0.2) is 6.10 Å². The lowest BCUT2D eigenvalue weighted by molar-refractivity contribution is 0.0313. The number of nitrogens with zero attached hydrogens (tertiary/aromatic N) is 1. The van der Waals surface area contributed by atoms with E-state index in [1.54, 1.807) is 31.5 Å². The number of thioether (sulfide) groups is 1. The zero-order valence-electron chi connectivity index (χ0n) is 17.6. The van der Waals surface area contributed by atoms with Crippen molar-refractivity contribution in [2.45, 2.75) is 37.5 Å². The number of hydrogen-bond acceptors (Lipinski definition) is 8. The number of H-pyrrole nitrogens is 1. The summed E-state index contributed by atoms with van der Waals surface area (Å²) in [6.45, 7) is 4.85. The van der Waals surface area contributed by atoms with Crippen molar-refractivity contribution in [2.75, 3.05) is 7.11 Å². The SMILES string of the molecule is COC(=O)c1c(C)[nH]c(C(=O)C(C)OC(=O)c2ccccc2SCc2cscn2)c1C. The number of carbonyl (C=O) groups is 3. The second-order valence-electron chi connectivity index (χ2n) is 6.79. The summed E-state index contributed by atoms with van der Waals surface area (Å²) in [4.78, 5) is 45.6. The molecule has 0 fully saturated rings. The minimum Gasteiger partial charge on any atom is -0.465 e. The molecule has 0 aliphatic carbocycles. The molecule has 0 aliphatic heterocycles. The molecule has 0 aliphatic rings. The third-order valence-corrected chi connectivity index (χ3v) is 6.43. The first kappa shape index (κ1) is 22.8. The highest BCUT2D eigenvalue weighted by Crippen LogP contribution is 2.27. The molecule has 1 aromatic carbocycles. The van der Waals surface area contributed by atoms with E-state index in [4.69, 9.17) is 9.47 Å². The van der Waals surface area contributed by atoms with Crippen LogP contribution in [0.25, 0.3) is 0 Å². The van der Waals surface area contributed by atoms with Crippen molar-refractivity contribution in [3.8, 4) is 0 Å². The fraction of sp³-hybridized carbons (Fsp3) is 0.273. The molecule has 3 rings (SSSR count). The van der Waals surface area contributed by atoms with Crippen LogP contribution < -0.4 is 0 Å². The van der Waals surface area contributed by atoms with Gasteiger partial charge in [-0.15, -0.1) is 23.1 Å². The standard InChI is InChI=1S/C22H22N2O5S2/c1-12-18(22(27)28-4)13(2)24-19(12)20(25)14(3)29-21(26)16-7-5-6-8-17(16)31-10-15-9-30-11-23-15/h5-9,11,14,24H,10H2,1-4H3. The highest BCUT2D eigenvalue weighted by molar-refractivity contribution is 7.98. The van der Waals surface area contributed by atoms with Crippen LogP contribution in [0.1, 0.15) is 55.1 Å². The van der Waals surface area contributed by atoms with Crippen molar-refractivity contribution in [1.29, 1.82) is 0 Å². The summed E-state index contributed by atoms with van der Waals surface area (Å²) in [5.41, 5.74) is 4.61. The number of thiazole rings is 1. The average molecular weight is 459 g/mol. The molecule has 7 nitrogen and oxygen atoms in total. The number of aryl methyl sites for hydroxylation is 1. The molecule has 1 unspecified atom stereocenters. The summed E-state index contributed by atoms with van der Waals surface area (Å²) < 4.78 is 10.2. The maximum absolute atomic E-state index is 12.9. The molecule has 2 aromatic heterocycles. The van der Waals surface area contributed by atoms with E-state index in [1.807, 2.05) is 17.5 Å². The summed E-state index contributed by atoms with van der Waals surface area (Å²) in [6.07, 6.45) is -1.04. The maximum Gasteiger partial charge on any atom is 0.339 e. The van der Waals surface area contributed by atoms with Crippen molar-refractivity contribution < 1.29 is 23.9 Å². The summed E-state index contributed by atoms with van der Waals surface area (Å²) in [5.74, 6) is -0.909. The number of aromatic nitrogens is 2. The molecule has 0 amide bonds. The highest BCUT2D eigenvalue weighted by Gasteiger charge is 2.28. The molecule has 0 spiro atoms. The minimum absolute atomic E-state index is 0.226. The molecule has 0 saturated carbocycles. The molecular weight excluding hydrogens is 436 g/mol. The first-order valence-electron chi connectivity index (χ1n) is 9.45. The molecule has 162 valence electrons. The van der Waals surface area contributed by atoms with Gasteiger partial charge in [-0.3, -0.25) is 4.79 Å². The summed E-state index contributed by atoms with van der Waals surface area (Å²) >= 11 is 3.00. The van der Waals surface area contributed by atoms with Crippen LogP contribution in [-0.2, 0) is 15.2 Å². The smallest absolute Gasteiger partial charge is 0.339 e. The number of ether oxygens (including phenoxy) is 2. The van der Waals surface area contributed by atoms with E-state index in [0.717, 1.165) is 10.6 Å². The van der Waals surface area contributed by atoms with Crippen LogP contribution in [-0.4, -0.2) is 40.9 Å². The molecule has 1 atom stereocenters. The van der Waals surface area contributed by atoms with Crippen molar-refractivity contribution >= 4 is 40.8 Å². The van der Waals surface area contributed by atoms with E-state index in [9.17, 15) is 14.4 Å². The lowest BCUT2D eigenvalue weighted by Crippen LogP contribution is -2.25. The minimum atomic E-state index is -1.04. The van der Waals surface area contributed by atoms with E-state index in [1.165, 1.54) is 37.1 Å². The molecule has 0 bridgehead atoms. The van der Waals surface area contributed by atoms with Crippen LogP contribution in [0.15, 0.2) is 40.1 Å². The zero-order valence-corrected chi connectivity index (χ0v) is 19.2. The van der Waals surface area contributed by atoms with Gasteiger partial charge in [0.05, 0.1) is 35.1 Å². The van der Waals surface area contributed by atoms with Crippen LogP contribution in [0.4, 0.5) is 0 Å². The van der Waals surface area contributed by atoms with Gasteiger partial charge in [-0.05, 0) is 38.5 Å². The molecule has 9 heteroatoms. The number of methoxy groups -OCH3 is 1. The number of benzene rings is 1. The number of nitrogens with one attached hydrogen (secondary N) is 1. The third kappa shape index (κ3) is 5.05. The molecule has 0 radical (unpaired) electrons. The second kappa shape index (κ2) is 9.93. The Morgan fingerprint density at radius 1 is 1.19 bits per heavy atom. The number of rotatable bonds is 8. The Bertz CT molecular complexity index is 1110. The third-order valence-electron chi connectivity index (χ3n) is 4.69. The van der Waals surface area contributed by atoms with Crippen molar-refractivity contribution in [3.63, 3.8) is 0 Å². The van der Waals surface area contributed by atoms with E-state index >= 15 is 0 Å². The van der Waals surface area contributed by atoms with Crippen LogP contribution >= 0.6 is 23.1 Å². The van der Waals surface area contributed by atoms with Crippen LogP contribution in [0, 0.1) is 13.8 Å². The monoisotopic (exact) mass is 458 g/mol. The Labute approximate surface area is 188 Å². The van der Waals surface area contributed by atoms with Crippen molar-refractivity contribution in [1.82, 2.24) is 9.97 Å². The van der Waals surface area contributed by atoms with Gasteiger partial charge >= 0.3 is 11.9 Å². The second-order valence-corrected chi connectivity index (χ2v) is 8.53. The fourth-order valence-electron chi connectivity index (χ4n) is 3.11. The Morgan fingerprint density at radius 2 is 1.94 bits per heavy atom. The molecular formula is C22H22N2O5S2. The van der Waals surface area contributed by atoms with Gasteiger partial charge in [0.1, 0.15) is 0 Å². The molecule has 1 N–H and O–H groups in total. The average Bonchev–Trinajstić information content (AvgIpc) is 3.38. The Hall–Kier alpha value is -2.91. The van der Waals surface area contributed by atoms with Gasteiger partial charge in [-0.1, -0.05) is 12.1 Å². The predicted molar refractivity (Wildman–Crippen MR) is 119 cm³/mol. The largest absolute Gasteiger partial charge is 0.465 e. The molecule has 3 aromatic rings. The van der Waals surface area contributed by atoms with Crippen LogP contribution in [0.3, 0.4) is 0 Å². The molecule has 2 heterocycles. The van der Waals surface area contributed by atoms with Gasteiger partial charge in [-0.2, -0.15) is 0 Å². The highest BCUT2D eigenvalue weighted by atomic mass is 32.2. The number of ketones is 1. The number of esters is 2. The summed E-state index contributed by atoms with van der Waals surface area (Å²) in [7, 11) is 1.28. The van der Waals surface area contributed by atoms with E-state index < -0.39 is 23.8 Å². The molecule has 31 heavy (non-hydrogen) atoms. The Morgan fingerprint density at radius 3 is 2.61 bits per heavy atom. The number of Topliss-reactive ketones (excluding diaryl/α,β-unsaturated/α-hetero) is 1. The first-order chi connectivity index (χ1) is 14.8. The van der Waals surface area contributed by atoms with E-state index in [-0.39, 0.29) is 5.69 Å². The van der Waals surface area contributed by atoms with Crippen LogP contribution in [0.2, 0.25) is 0 Å². The van der Waals surface area contributed by atoms with Crippen molar-refractivity contribution in [2.24, 2.45) is 0 Å². The number of aromatic amines is 1. The topological polar surface area (TPSA) is 98.4 Å². The number of carbonyl (C=O) groups excluding carboxylic acids is 3. The summed E-state index contributed by atoms with van der Waals surface area (Å²) in [5, 5.41) is 1.96. The van der Waals surface area contributed by atoms with E-state index in [2.05, 4.69) is 9.97 Å². The van der Waals surface area contributed by atoms with Crippen molar-refractivity contribution in [3.05, 3.63) is 68.9 Å². The summed E-state index contributed by atoms with van der Waals surface area (Å²) in [6, 6.07) is 7.09. The van der Waals surface area contributed by atoms with Gasteiger partial charge in [0.2, 0.25) is 5.78 Å². The van der Waals surface area contributed by atoms with Crippen LogP contribution in [0.5, 0.6) is 0 Å². The zero-order chi connectivity index (χ0) is 22.5. The Kier molecular flexibility index (Phi) is 7.29. The lowest BCUT2D eigenvalue weighted by Gasteiger charge is -2.14. The normalized spacial score (nSPS) is 11.7. The van der Waals surface area contributed by atoms with Gasteiger partial charge in [-0.25, -0.2) is 14.6 Å². The van der Waals surface area contributed by atoms with Gasteiger partial charge in [0, 0.05) is 21.7 Å². The predicted octanol–water partition coefficient (Wildman–Crippen LogP) is 4.60. The lowest BCUT2D eigenvalue weighted by atomic mass is 10.1. The number of hydrogen-bond donors (Lipinski definition) is 1. The van der Waals surface area contributed by atoms with Gasteiger partial charge < -0.3 is 14.5 Å². The Balaban J connectivity index is 1.74.